The summed E-state index contributed by atoms with van der Waals surface area (Å²) in [5.41, 5.74) is -1.05. The minimum Gasteiger partial charge on any atom is -0.444 e. The molecule has 0 spiro atoms. The molecule has 0 N–H and O–H groups in total. The SMILES string of the molecule is CCCCCCN(C[C@H]1CCCN1C(=O)OC(C)(C)C)C(=O)OC(C)(C)C. The molecule has 0 aliphatic carbocycles. The van der Waals surface area contributed by atoms with Crippen LogP contribution in [0.15, 0.2) is 0 Å². The highest BCUT2D eigenvalue weighted by atomic mass is 16.6. The highest BCUT2D eigenvalue weighted by Gasteiger charge is 2.35. The number of hydrogen-bond donors (Lipinski definition) is 0. The van der Waals surface area contributed by atoms with Crippen molar-refractivity contribution in [3.63, 3.8) is 0 Å². The first-order chi connectivity index (χ1) is 12.4. The van der Waals surface area contributed by atoms with Crippen LogP contribution in [0.1, 0.15) is 87.0 Å². The Labute approximate surface area is 165 Å². The van der Waals surface area contributed by atoms with Crippen LogP contribution in [0.25, 0.3) is 0 Å². The lowest BCUT2D eigenvalue weighted by atomic mass is 10.1. The van der Waals surface area contributed by atoms with Crippen LogP contribution in [0, 0.1) is 0 Å². The van der Waals surface area contributed by atoms with Crippen molar-refractivity contribution in [1.29, 1.82) is 0 Å². The molecule has 27 heavy (non-hydrogen) atoms. The van der Waals surface area contributed by atoms with Gasteiger partial charge in [-0.2, -0.15) is 0 Å². The lowest BCUT2D eigenvalue weighted by Gasteiger charge is -2.33. The fourth-order valence-electron chi connectivity index (χ4n) is 3.15. The Balaban J connectivity index is 2.76. The monoisotopic (exact) mass is 384 g/mol. The van der Waals surface area contributed by atoms with E-state index in [2.05, 4.69) is 6.92 Å². The van der Waals surface area contributed by atoms with Crippen molar-refractivity contribution < 1.29 is 19.1 Å². The van der Waals surface area contributed by atoms with Crippen molar-refractivity contribution in [2.24, 2.45) is 0 Å². The third kappa shape index (κ3) is 9.34. The van der Waals surface area contributed by atoms with E-state index < -0.39 is 11.2 Å². The molecule has 0 aromatic carbocycles. The average Bonchev–Trinajstić information content (AvgIpc) is 2.95. The maximum atomic E-state index is 12.7. The van der Waals surface area contributed by atoms with E-state index in [0.29, 0.717) is 19.6 Å². The predicted octanol–water partition coefficient (Wildman–Crippen LogP) is 5.20. The van der Waals surface area contributed by atoms with E-state index >= 15 is 0 Å². The number of ether oxygens (including phenoxy) is 2. The van der Waals surface area contributed by atoms with Gasteiger partial charge in [-0.3, -0.25) is 0 Å². The number of likely N-dealkylation sites (tertiary alicyclic amines) is 1. The van der Waals surface area contributed by atoms with Gasteiger partial charge in [0.25, 0.3) is 0 Å². The second-order valence-corrected chi connectivity index (χ2v) is 9.46. The topological polar surface area (TPSA) is 59.1 Å². The lowest BCUT2D eigenvalue weighted by molar-refractivity contribution is 0.00859. The van der Waals surface area contributed by atoms with Crippen LogP contribution < -0.4 is 0 Å². The third-order valence-electron chi connectivity index (χ3n) is 4.37. The zero-order chi connectivity index (χ0) is 20.7. The molecule has 158 valence electrons. The number of unbranched alkanes of at least 4 members (excludes halogenated alkanes) is 3. The summed E-state index contributed by atoms with van der Waals surface area (Å²) in [5.74, 6) is 0. The predicted molar refractivity (Wildman–Crippen MR) is 108 cm³/mol. The zero-order valence-corrected chi connectivity index (χ0v) is 18.5. The summed E-state index contributed by atoms with van der Waals surface area (Å²) in [6.07, 6.45) is 5.59. The van der Waals surface area contributed by atoms with E-state index in [4.69, 9.17) is 9.47 Å². The highest BCUT2D eigenvalue weighted by Crippen LogP contribution is 2.23. The van der Waals surface area contributed by atoms with Gasteiger partial charge in [-0.15, -0.1) is 0 Å². The van der Waals surface area contributed by atoms with Gasteiger partial charge in [-0.25, -0.2) is 9.59 Å². The Bertz CT molecular complexity index is 480. The van der Waals surface area contributed by atoms with E-state index in [0.717, 1.165) is 38.5 Å². The summed E-state index contributed by atoms with van der Waals surface area (Å²) in [5, 5.41) is 0. The van der Waals surface area contributed by atoms with Crippen LogP contribution >= 0.6 is 0 Å². The summed E-state index contributed by atoms with van der Waals surface area (Å²) in [6.45, 7) is 15.3. The van der Waals surface area contributed by atoms with Gasteiger partial charge in [0.1, 0.15) is 11.2 Å². The number of amides is 2. The highest BCUT2D eigenvalue weighted by molar-refractivity contribution is 5.70. The van der Waals surface area contributed by atoms with E-state index in [9.17, 15) is 9.59 Å². The normalized spacial score (nSPS) is 17.7. The Morgan fingerprint density at radius 1 is 1.00 bits per heavy atom. The van der Waals surface area contributed by atoms with Crippen molar-refractivity contribution in [1.82, 2.24) is 9.80 Å². The van der Waals surface area contributed by atoms with Gasteiger partial charge in [0.15, 0.2) is 0 Å². The summed E-state index contributed by atoms with van der Waals surface area (Å²) in [7, 11) is 0. The molecular formula is C21H40N2O4. The van der Waals surface area contributed by atoms with Gasteiger partial charge in [-0.05, 0) is 60.8 Å². The van der Waals surface area contributed by atoms with E-state index in [1.165, 1.54) is 0 Å². The Kier molecular flexibility index (Phi) is 8.89. The minimum atomic E-state index is -0.528. The fourth-order valence-corrected chi connectivity index (χ4v) is 3.15. The summed E-state index contributed by atoms with van der Waals surface area (Å²) in [6, 6.07) is -0.0152. The largest absolute Gasteiger partial charge is 0.444 e. The molecule has 0 aromatic rings. The van der Waals surface area contributed by atoms with Crippen molar-refractivity contribution in [2.75, 3.05) is 19.6 Å². The Hall–Kier alpha value is -1.46. The number of carbonyl (C=O) groups excluding carboxylic acids is 2. The molecule has 0 aromatic heterocycles. The van der Waals surface area contributed by atoms with E-state index in [-0.39, 0.29) is 18.2 Å². The molecule has 1 fully saturated rings. The van der Waals surface area contributed by atoms with Gasteiger partial charge in [0.2, 0.25) is 0 Å². The molecular weight excluding hydrogens is 344 g/mol. The first-order valence-electron chi connectivity index (χ1n) is 10.4. The second-order valence-electron chi connectivity index (χ2n) is 9.46. The Morgan fingerprint density at radius 2 is 1.63 bits per heavy atom. The lowest BCUT2D eigenvalue weighted by Crippen LogP contribution is -2.48. The number of carbonyl (C=O) groups is 2. The summed E-state index contributed by atoms with van der Waals surface area (Å²) < 4.78 is 11.1. The molecule has 1 rings (SSSR count). The van der Waals surface area contributed by atoms with Crippen LogP contribution in [0.4, 0.5) is 9.59 Å². The molecule has 1 atom stereocenters. The summed E-state index contributed by atoms with van der Waals surface area (Å²) >= 11 is 0. The minimum absolute atomic E-state index is 0.0152. The molecule has 2 amide bonds. The van der Waals surface area contributed by atoms with Gasteiger partial charge in [0, 0.05) is 19.6 Å². The van der Waals surface area contributed by atoms with E-state index in [1.807, 2.05) is 41.5 Å². The van der Waals surface area contributed by atoms with E-state index in [1.54, 1.807) is 9.80 Å². The van der Waals surface area contributed by atoms with Crippen LogP contribution in [-0.2, 0) is 9.47 Å². The number of rotatable bonds is 7. The van der Waals surface area contributed by atoms with Crippen molar-refractivity contribution in [3.8, 4) is 0 Å². The van der Waals surface area contributed by atoms with Crippen molar-refractivity contribution >= 4 is 12.2 Å². The van der Waals surface area contributed by atoms with Crippen LogP contribution in [0.2, 0.25) is 0 Å². The summed E-state index contributed by atoms with van der Waals surface area (Å²) in [4.78, 5) is 28.7. The van der Waals surface area contributed by atoms with Gasteiger partial charge < -0.3 is 19.3 Å². The van der Waals surface area contributed by atoms with Crippen LogP contribution in [0.5, 0.6) is 0 Å². The standard InChI is InChI=1S/C21H40N2O4/c1-8-9-10-11-14-22(18(24)26-20(2,3)4)16-17-13-12-15-23(17)19(25)27-21(5,6)7/h17H,8-16H2,1-7H3/t17-/m1/s1. The quantitative estimate of drug-likeness (QED) is 0.566. The molecule has 1 aliphatic heterocycles. The molecule has 0 saturated carbocycles. The smallest absolute Gasteiger partial charge is 0.410 e. The third-order valence-corrected chi connectivity index (χ3v) is 4.37. The maximum absolute atomic E-state index is 12.7. The molecule has 0 radical (unpaired) electrons. The maximum Gasteiger partial charge on any atom is 0.410 e. The fraction of sp³-hybridized carbons (Fsp3) is 0.905. The second kappa shape index (κ2) is 10.2. The van der Waals surface area contributed by atoms with Gasteiger partial charge in [-0.1, -0.05) is 26.2 Å². The van der Waals surface area contributed by atoms with Gasteiger partial charge in [0.05, 0.1) is 6.04 Å². The van der Waals surface area contributed by atoms with Crippen LogP contribution in [0.3, 0.4) is 0 Å². The average molecular weight is 385 g/mol. The zero-order valence-electron chi connectivity index (χ0n) is 18.5. The molecule has 0 unspecified atom stereocenters. The van der Waals surface area contributed by atoms with Crippen LogP contribution in [-0.4, -0.2) is 58.9 Å². The molecule has 1 aliphatic rings. The Morgan fingerprint density at radius 3 is 2.19 bits per heavy atom. The molecule has 6 nitrogen and oxygen atoms in total. The van der Waals surface area contributed by atoms with Crippen molar-refractivity contribution in [3.05, 3.63) is 0 Å². The first kappa shape index (κ1) is 23.6. The number of nitrogens with zero attached hydrogens (tertiary/aromatic N) is 2. The molecule has 6 heteroatoms. The van der Waals surface area contributed by atoms with Crippen molar-refractivity contribution in [2.45, 2.75) is 104 Å². The molecule has 1 saturated heterocycles. The molecule has 0 bridgehead atoms. The first-order valence-corrected chi connectivity index (χ1v) is 10.4. The number of hydrogen-bond acceptors (Lipinski definition) is 4. The van der Waals surface area contributed by atoms with Gasteiger partial charge >= 0.3 is 12.2 Å². The molecule has 1 heterocycles.